The maximum Gasteiger partial charge on any atom is 0.353 e. The van der Waals surface area contributed by atoms with E-state index in [1.807, 2.05) is 12.1 Å². The number of ether oxygens (including phenoxy) is 1. The number of hydrogen-bond donors (Lipinski definition) is 1. The van der Waals surface area contributed by atoms with Crippen molar-refractivity contribution in [2.24, 2.45) is 0 Å². The monoisotopic (exact) mass is 408 g/mol. The Balaban J connectivity index is 1.50. The number of piperazine rings is 1. The van der Waals surface area contributed by atoms with Gasteiger partial charge in [-0.1, -0.05) is 22.9 Å². The summed E-state index contributed by atoms with van der Waals surface area (Å²) in [5.41, 5.74) is 0.939. The summed E-state index contributed by atoms with van der Waals surface area (Å²) >= 11 is 8.74. The van der Waals surface area contributed by atoms with E-state index in [9.17, 15) is 4.79 Å². The topological polar surface area (TPSA) is 46.9 Å². The lowest BCUT2D eigenvalue weighted by Crippen LogP contribution is -3.14. The van der Waals surface area contributed by atoms with Crippen LogP contribution in [-0.4, -0.2) is 43.7 Å². The lowest BCUT2D eigenvalue weighted by Gasteiger charge is -2.31. The molecule has 136 valence electrons. The highest BCUT2D eigenvalue weighted by molar-refractivity contribution is 7.22. The van der Waals surface area contributed by atoms with Crippen LogP contribution in [0.1, 0.15) is 16.6 Å². The number of likely N-dealkylation sites (N-methyl/N-ethyl adjacent to an activating group) is 1. The summed E-state index contributed by atoms with van der Waals surface area (Å²) < 4.78 is 7.08. The minimum Gasteiger partial charge on any atom is -0.422 e. The Labute approximate surface area is 164 Å². The molecule has 1 aromatic carbocycles. The number of nitrogens with zero attached hydrogens (tertiary/aromatic N) is 2. The van der Waals surface area contributed by atoms with Crippen LogP contribution < -0.4 is 14.5 Å². The standard InChI is InChI=1S/C18H18ClN3O2S2/c1-2-21-7-9-22(10-8-21)18-20-13-4-3-12(11-15(13)26-18)24-17(23)14-5-6-16(19)25-14/h3-6,11H,2,7-10H2,1H3/p+1. The summed E-state index contributed by atoms with van der Waals surface area (Å²) in [4.78, 5) is 21.4. The van der Waals surface area contributed by atoms with Crippen molar-refractivity contribution in [3.63, 3.8) is 0 Å². The van der Waals surface area contributed by atoms with Crippen LogP contribution in [0.4, 0.5) is 5.13 Å². The third kappa shape index (κ3) is 3.71. The van der Waals surface area contributed by atoms with E-state index in [1.165, 1.54) is 17.9 Å². The van der Waals surface area contributed by atoms with Crippen molar-refractivity contribution in [2.75, 3.05) is 37.6 Å². The van der Waals surface area contributed by atoms with Gasteiger partial charge in [0.2, 0.25) is 0 Å². The molecule has 0 amide bonds. The number of anilines is 1. The van der Waals surface area contributed by atoms with Crippen LogP contribution in [0.5, 0.6) is 5.75 Å². The predicted molar refractivity (Wildman–Crippen MR) is 107 cm³/mol. The molecule has 0 bridgehead atoms. The first-order chi connectivity index (χ1) is 12.6. The van der Waals surface area contributed by atoms with Crippen molar-refractivity contribution in [1.29, 1.82) is 0 Å². The van der Waals surface area contributed by atoms with Gasteiger partial charge in [0.1, 0.15) is 10.6 Å². The molecular weight excluding hydrogens is 390 g/mol. The molecule has 0 saturated carbocycles. The average Bonchev–Trinajstić information content (AvgIpc) is 3.27. The maximum atomic E-state index is 12.2. The summed E-state index contributed by atoms with van der Waals surface area (Å²) in [6.45, 7) is 7.78. The number of esters is 1. The number of carbonyl (C=O) groups is 1. The fourth-order valence-corrected chi connectivity index (χ4v) is 5.01. The van der Waals surface area contributed by atoms with E-state index >= 15 is 0 Å². The highest BCUT2D eigenvalue weighted by Crippen LogP contribution is 2.32. The quantitative estimate of drug-likeness (QED) is 0.532. The molecule has 1 fully saturated rings. The number of carbonyl (C=O) groups excluding carboxylic acids is 1. The molecule has 0 spiro atoms. The number of thiazole rings is 1. The summed E-state index contributed by atoms with van der Waals surface area (Å²) in [7, 11) is 0. The summed E-state index contributed by atoms with van der Waals surface area (Å²) in [6, 6.07) is 8.96. The van der Waals surface area contributed by atoms with Crippen LogP contribution in [0.2, 0.25) is 4.34 Å². The second kappa shape index (κ2) is 7.52. The van der Waals surface area contributed by atoms with Crippen LogP contribution in [-0.2, 0) is 0 Å². The average molecular weight is 409 g/mol. The molecule has 2 aromatic heterocycles. The fraction of sp³-hybridized carbons (Fsp3) is 0.333. The number of nitrogens with one attached hydrogen (secondary N) is 1. The molecule has 4 rings (SSSR count). The highest BCUT2D eigenvalue weighted by Gasteiger charge is 2.21. The first kappa shape index (κ1) is 17.7. The first-order valence-corrected chi connectivity index (χ1v) is 10.6. The second-order valence-corrected chi connectivity index (χ2v) is 8.93. The summed E-state index contributed by atoms with van der Waals surface area (Å²) in [5.74, 6) is 0.145. The molecule has 0 unspecified atom stereocenters. The van der Waals surface area contributed by atoms with E-state index in [1.54, 1.807) is 34.4 Å². The van der Waals surface area contributed by atoms with Gasteiger partial charge in [-0.15, -0.1) is 11.3 Å². The maximum absolute atomic E-state index is 12.2. The van der Waals surface area contributed by atoms with Gasteiger partial charge in [-0.25, -0.2) is 9.78 Å². The number of fused-ring (bicyclic) bond motifs is 1. The Morgan fingerprint density at radius 1 is 1.27 bits per heavy atom. The van der Waals surface area contributed by atoms with Gasteiger partial charge in [-0.05, 0) is 31.2 Å². The van der Waals surface area contributed by atoms with Gasteiger partial charge in [0, 0.05) is 6.07 Å². The highest BCUT2D eigenvalue weighted by atomic mass is 35.5. The molecule has 1 aliphatic rings. The van der Waals surface area contributed by atoms with Crippen molar-refractivity contribution >= 4 is 55.6 Å². The van der Waals surface area contributed by atoms with Crippen LogP contribution in [0.15, 0.2) is 30.3 Å². The van der Waals surface area contributed by atoms with Crippen LogP contribution in [0.25, 0.3) is 10.2 Å². The number of hydrogen-bond acceptors (Lipinski definition) is 6. The van der Waals surface area contributed by atoms with Crippen molar-refractivity contribution in [2.45, 2.75) is 6.92 Å². The molecular formula is C18H19ClN3O2S2+. The molecule has 1 N–H and O–H groups in total. The summed E-state index contributed by atoms with van der Waals surface area (Å²) in [5, 5.41) is 1.05. The Bertz CT molecular complexity index is 932. The van der Waals surface area contributed by atoms with Crippen LogP contribution in [0.3, 0.4) is 0 Å². The molecule has 26 heavy (non-hydrogen) atoms. The fourth-order valence-electron chi connectivity index (χ4n) is 3.04. The number of rotatable bonds is 4. The normalized spacial score (nSPS) is 15.5. The van der Waals surface area contributed by atoms with E-state index in [4.69, 9.17) is 21.3 Å². The van der Waals surface area contributed by atoms with Gasteiger partial charge < -0.3 is 14.5 Å². The van der Waals surface area contributed by atoms with E-state index in [-0.39, 0.29) is 5.97 Å². The lowest BCUT2D eigenvalue weighted by atomic mass is 10.3. The molecule has 0 radical (unpaired) electrons. The predicted octanol–water partition coefficient (Wildman–Crippen LogP) is 2.96. The first-order valence-electron chi connectivity index (χ1n) is 8.59. The van der Waals surface area contributed by atoms with Gasteiger partial charge in [0.05, 0.1) is 47.3 Å². The summed E-state index contributed by atoms with van der Waals surface area (Å²) in [6.07, 6.45) is 0. The molecule has 0 atom stereocenters. The van der Waals surface area contributed by atoms with Gasteiger partial charge in [-0.3, -0.25) is 0 Å². The van der Waals surface area contributed by atoms with Crippen molar-refractivity contribution < 1.29 is 14.4 Å². The molecule has 5 nitrogen and oxygen atoms in total. The van der Waals surface area contributed by atoms with E-state index < -0.39 is 0 Å². The molecule has 8 heteroatoms. The van der Waals surface area contributed by atoms with Gasteiger partial charge in [0.25, 0.3) is 0 Å². The van der Waals surface area contributed by atoms with Crippen molar-refractivity contribution in [3.05, 3.63) is 39.5 Å². The number of benzene rings is 1. The smallest absolute Gasteiger partial charge is 0.353 e. The molecule has 1 aliphatic heterocycles. The Morgan fingerprint density at radius 3 is 2.77 bits per heavy atom. The number of halogens is 1. The van der Waals surface area contributed by atoms with Gasteiger partial charge in [0.15, 0.2) is 5.13 Å². The zero-order valence-corrected chi connectivity index (χ0v) is 16.7. The van der Waals surface area contributed by atoms with Crippen molar-refractivity contribution in [3.8, 4) is 5.75 Å². The van der Waals surface area contributed by atoms with Crippen molar-refractivity contribution in [1.82, 2.24) is 4.98 Å². The third-order valence-electron chi connectivity index (χ3n) is 4.57. The molecule has 3 aromatic rings. The van der Waals surface area contributed by atoms with Gasteiger partial charge in [-0.2, -0.15) is 0 Å². The van der Waals surface area contributed by atoms with E-state index in [2.05, 4.69) is 11.8 Å². The largest absolute Gasteiger partial charge is 0.422 e. The third-order valence-corrected chi connectivity index (χ3v) is 6.86. The number of aromatic nitrogens is 1. The second-order valence-electron chi connectivity index (χ2n) is 6.21. The van der Waals surface area contributed by atoms with Crippen LogP contribution >= 0.6 is 34.3 Å². The molecule has 3 heterocycles. The molecule has 0 aliphatic carbocycles. The minimum atomic E-state index is -0.385. The number of thiophene rings is 1. The van der Waals surface area contributed by atoms with E-state index in [0.717, 1.165) is 41.5 Å². The van der Waals surface area contributed by atoms with Gasteiger partial charge >= 0.3 is 5.97 Å². The lowest BCUT2D eigenvalue weighted by molar-refractivity contribution is -0.898. The minimum absolute atomic E-state index is 0.385. The Kier molecular flexibility index (Phi) is 5.13. The van der Waals surface area contributed by atoms with E-state index in [0.29, 0.717) is 15.0 Å². The zero-order chi connectivity index (χ0) is 18.1. The molecule has 1 saturated heterocycles. The SMILES string of the molecule is CC[NH+]1CCN(c2nc3ccc(OC(=O)c4ccc(Cl)s4)cc3s2)CC1. The van der Waals surface area contributed by atoms with Crippen LogP contribution in [0, 0.1) is 0 Å². The Hall–Kier alpha value is -1.67. The number of quaternary nitrogens is 1. The zero-order valence-electron chi connectivity index (χ0n) is 14.3. The Morgan fingerprint density at radius 2 is 2.08 bits per heavy atom.